The molecule has 0 saturated heterocycles. The van der Waals surface area contributed by atoms with Crippen LogP contribution in [0.15, 0.2) is 59.5 Å². The van der Waals surface area contributed by atoms with Crippen molar-refractivity contribution in [3.05, 3.63) is 65.7 Å². The van der Waals surface area contributed by atoms with Gasteiger partial charge in [0.1, 0.15) is 0 Å². The molecule has 0 saturated carbocycles. The highest BCUT2D eigenvalue weighted by atomic mass is 32.2. The van der Waals surface area contributed by atoms with Gasteiger partial charge in [-0.2, -0.15) is 0 Å². The van der Waals surface area contributed by atoms with E-state index in [2.05, 4.69) is 54.6 Å². The molecule has 0 bridgehead atoms. The van der Waals surface area contributed by atoms with Crippen molar-refractivity contribution in [1.82, 2.24) is 0 Å². The van der Waals surface area contributed by atoms with Crippen molar-refractivity contribution in [2.45, 2.75) is 30.8 Å². The van der Waals surface area contributed by atoms with E-state index in [0.29, 0.717) is 0 Å². The topological polar surface area (TPSA) is 20.2 Å². The Morgan fingerprint density at radius 1 is 1.00 bits per heavy atom. The van der Waals surface area contributed by atoms with Gasteiger partial charge in [0.05, 0.1) is 6.10 Å². The number of aliphatic hydroxyl groups excluding tert-OH is 1. The van der Waals surface area contributed by atoms with E-state index in [1.807, 2.05) is 18.7 Å². The molecule has 2 rings (SSSR count). The second-order valence-corrected chi connectivity index (χ2v) is 5.95. The Labute approximate surface area is 119 Å². The molecule has 0 fully saturated rings. The minimum absolute atomic E-state index is 0.274. The van der Waals surface area contributed by atoms with E-state index in [1.54, 1.807) is 0 Å². The molecule has 2 aromatic carbocycles. The number of thioether (sulfide) groups is 1. The van der Waals surface area contributed by atoms with Crippen molar-refractivity contribution in [3.8, 4) is 0 Å². The van der Waals surface area contributed by atoms with Crippen molar-refractivity contribution in [2.75, 3.05) is 5.75 Å². The van der Waals surface area contributed by atoms with Crippen molar-refractivity contribution in [2.24, 2.45) is 0 Å². The summed E-state index contributed by atoms with van der Waals surface area (Å²) < 4.78 is 0. The highest BCUT2D eigenvalue weighted by Gasteiger charge is 2.01. The molecule has 0 spiro atoms. The van der Waals surface area contributed by atoms with Crippen LogP contribution in [0.25, 0.3) is 0 Å². The Balaban J connectivity index is 1.86. The van der Waals surface area contributed by atoms with Gasteiger partial charge in [-0.05, 0) is 43.0 Å². The third-order valence-corrected chi connectivity index (χ3v) is 3.93. The summed E-state index contributed by atoms with van der Waals surface area (Å²) in [6.45, 7) is 1.83. The molecular formula is C17H20OS. The molecule has 100 valence electrons. The SMILES string of the molecule is C[C@@H](O)Cc1cccc(SCCc2ccccc2)c1. The zero-order valence-corrected chi connectivity index (χ0v) is 12.1. The number of aliphatic hydroxyl groups is 1. The molecule has 19 heavy (non-hydrogen) atoms. The Morgan fingerprint density at radius 2 is 1.74 bits per heavy atom. The molecule has 0 aliphatic carbocycles. The number of rotatable bonds is 6. The van der Waals surface area contributed by atoms with Crippen molar-refractivity contribution in [3.63, 3.8) is 0 Å². The molecule has 0 aliphatic heterocycles. The molecule has 0 heterocycles. The minimum atomic E-state index is -0.274. The first-order chi connectivity index (χ1) is 9.24. The lowest BCUT2D eigenvalue weighted by Crippen LogP contribution is -2.03. The van der Waals surface area contributed by atoms with Gasteiger partial charge in [0.15, 0.2) is 0 Å². The summed E-state index contributed by atoms with van der Waals surface area (Å²) in [4.78, 5) is 1.29. The average molecular weight is 272 g/mol. The van der Waals surface area contributed by atoms with Crippen LogP contribution < -0.4 is 0 Å². The summed E-state index contributed by atoms with van der Waals surface area (Å²) in [7, 11) is 0. The summed E-state index contributed by atoms with van der Waals surface area (Å²) in [5, 5.41) is 9.41. The minimum Gasteiger partial charge on any atom is -0.393 e. The number of hydrogen-bond donors (Lipinski definition) is 1. The number of hydrogen-bond acceptors (Lipinski definition) is 2. The summed E-state index contributed by atoms with van der Waals surface area (Å²) >= 11 is 1.87. The lowest BCUT2D eigenvalue weighted by atomic mass is 10.1. The fourth-order valence-electron chi connectivity index (χ4n) is 2.03. The lowest BCUT2D eigenvalue weighted by Gasteiger charge is -2.07. The fourth-order valence-corrected chi connectivity index (χ4v) is 3.02. The van der Waals surface area contributed by atoms with Gasteiger partial charge in [0.2, 0.25) is 0 Å². The fraction of sp³-hybridized carbons (Fsp3) is 0.294. The predicted molar refractivity (Wildman–Crippen MR) is 82.7 cm³/mol. The first-order valence-electron chi connectivity index (χ1n) is 6.68. The Kier molecular flexibility index (Phi) is 5.49. The summed E-state index contributed by atoms with van der Waals surface area (Å²) in [6, 6.07) is 19.0. The van der Waals surface area contributed by atoms with Crippen molar-refractivity contribution < 1.29 is 5.11 Å². The third kappa shape index (κ3) is 5.09. The number of aryl methyl sites for hydroxylation is 1. The van der Waals surface area contributed by atoms with Gasteiger partial charge in [-0.1, -0.05) is 42.5 Å². The van der Waals surface area contributed by atoms with Gasteiger partial charge in [0, 0.05) is 10.6 Å². The van der Waals surface area contributed by atoms with Crippen LogP contribution in [0.5, 0.6) is 0 Å². The molecule has 0 amide bonds. The highest BCUT2D eigenvalue weighted by Crippen LogP contribution is 2.21. The van der Waals surface area contributed by atoms with Crippen LogP contribution in [0.3, 0.4) is 0 Å². The second-order valence-electron chi connectivity index (χ2n) is 4.78. The van der Waals surface area contributed by atoms with Crippen molar-refractivity contribution >= 4 is 11.8 Å². The molecule has 1 atom stereocenters. The second kappa shape index (κ2) is 7.37. The van der Waals surface area contributed by atoms with Crippen LogP contribution in [0.1, 0.15) is 18.1 Å². The monoisotopic (exact) mass is 272 g/mol. The molecular weight excluding hydrogens is 252 g/mol. The van der Waals surface area contributed by atoms with Gasteiger partial charge < -0.3 is 5.11 Å². The molecule has 0 radical (unpaired) electrons. The number of benzene rings is 2. The van der Waals surface area contributed by atoms with Crippen LogP contribution in [0, 0.1) is 0 Å². The quantitative estimate of drug-likeness (QED) is 0.804. The first kappa shape index (κ1) is 14.2. The summed E-state index contributed by atoms with van der Waals surface area (Å²) in [5.41, 5.74) is 2.59. The van der Waals surface area contributed by atoms with Gasteiger partial charge in [0.25, 0.3) is 0 Å². The Hall–Kier alpha value is -1.25. The average Bonchev–Trinajstić information content (AvgIpc) is 2.40. The maximum Gasteiger partial charge on any atom is 0.0552 e. The maximum atomic E-state index is 9.41. The van der Waals surface area contributed by atoms with Gasteiger partial charge in [-0.15, -0.1) is 11.8 Å². The van der Waals surface area contributed by atoms with Crippen molar-refractivity contribution in [1.29, 1.82) is 0 Å². The van der Waals surface area contributed by atoms with Crippen LogP contribution in [-0.4, -0.2) is 17.0 Å². The molecule has 0 aliphatic rings. The van der Waals surface area contributed by atoms with E-state index < -0.39 is 0 Å². The molecule has 0 unspecified atom stereocenters. The molecule has 0 aromatic heterocycles. The predicted octanol–water partition coefficient (Wildman–Crippen LogP) is 3.94. The van der Waals surface area contributed by atoms with Gasteiger partial charge in [-0.25, -0.2) is 0 Å². The normalized spacial score (nSPS) is 12.3. The Morgan fingerprint density at radius 3 is 2.47 bits per heavy atom. The van der Waals surface area contributed by atoms with Crippen LogP contribution >= 0.6 is 11.8 Å². The maximum absolute atomic E-state index is 9.41. The van der Waals surface area contributed by atoms with E-state index in [0.717, 1.165) is 18.6 Å². The molecule has 2 heteroatoms. The van der Waals surface area contributed by atoms with Crippen LogP contribution in [-0.2, 0) is 12.8 Å². The van der Waals surface area contributed by atoms with E-state index >= 15 is 0 Å². The van der Waals surface area contributed by atoms with E-state index in [9.17, 15) is 5.11 Å². The molecule has 2 aromatic rings. The summed E-state index contributed by atoms with van der Waals surface area (Å²) in [5.74, 6) is 1.09. The Bertz CT molecular complexity index is 494. The smallest absolute Gasteiger partial charge is 0.0552 e. The lowest BCUT2D eigenvalue weighted by molar-refractivity contribution is 0.195. The molecule has 1 nitrogen and oxygen atoms in total. The van der Waals surface area contributed by atoms with E-state index in [-0.39, 0.29) is 6.10 Å². The van der Waals surface area contributed by atoms with Gasteiger partial charge >= 0.3 is 0 Å². The summed E-state index contributed by atoms with van der Waals surface area (Å²) in [6.07, 6.45) is 1.55. The van der Waals surface area contributed by atoms with E-state index in [1.165, 1.54) is 16.0 Å². The van der Waals surface area contributed by atoms with E-state index in [4.69, 9.17) is 0 Å². The zero-order valence-electron chi connectivity index (χ0n) is 11.3. The first-order valence-corrected chi connectivity index (χ1v) is 7.66. The standard InChI is InChI=1S/C17H20OS/c1-14(18)12-16-8-5-9-17(13-16)19-11-10-15-6-3-2-4-7-15/h2-9,13-14,18H,10-12H2,1H3/t14-/m1/s1. The van der Waals surface area contributed by atoms with Crippen LogP contribution in [0.2, 0.25) is 0 Å². The zero-order chi connectivity index (χ0) is 13.5. The van der Waals surface area contributed by atoms with Gasteiger partial charge in [-0.3, -0.25) is 0 Å². The largest absolute Gasteiger partial charge is 0.393 e. The highest BCUT2D eigenvalue weighted by molar-refractivity contribution is 7.99. The molecule has 1 N–H and O–H groups in total. The van der Waals surface area contributed by atoms with Crippen LogP contribution in [0.4, 0.5) is 0 Å². The third-order valence-electron chi connectivity index (χ3n) is 2.93.